The van der Waals surface area contributed by atoms with Crippen LogP contribution >= 0.6 is 23.2 Å². The molecule has 15 heteroatoms. The highest BCUT2D eigenvalue weighted by Gasteiger charge is 2.40. The lowest BCUT2D eigenvalue weighted by Gasteiger charge is -2.26. The van der Waals surface area contributed by atoms with Crippen molar-refractivity contribution in [3.8, 4) is 0 Å². The molecule has 0 fully saturated rings. The molecular formula is C39H38Cl2N6O5S2. The summed E-state index contributed by atoms with van der Waals surface area (Å²) in [4.78, 5) is 29.6. The maximum atomic E-state index is 14.9. The van der Waals surface area contributed by atoms with Gasteiger partial charge in [0.05, 0.1) is 33.1 Å². The first-order valence-electron chi connectivity index (χ1n) is 17.1. The lowest BCUT2D eigenvalue weighted by molar-refractivity contribution is -0.122. The molecule has 2 aromatic carbocycles. The number of halogens is 2. The largest absolute Gasteiger partial charge is 0.346 e. The topological polar surface area (TPSA) is 190 Å². The van der Waals surface area contributed by atoms with Gasteiger partial charge < -0.3 is 20.8 Å². The molecule has 280 valence electrons. The van der Waals surface area contributed by atoms with Crippen molar-refractivity contribution in [3.63, 3.8) is 0 Å². The summed E-state index contributed by atoms with van der Waals surface area (Å²) < 4.78 is 55.8. The number of aromatic nitrogens is 4. The van der Waals surface area contributed by atoms with Crippen LogP contribution in [0.2, 0.25) is 10.0 Å². The molecular weight excluding hydrogens is 768 g/mol. The van der Waals surface area contributed by atoms with E-state index in [0.29, 0.717) is 21.3 Å². The molecule has 0 aliphatic heterocycles. The van der Waals surface area contributed by atoms with Crippen molar-refractivity contribution < 1.29 is 21.6 Å². The Labute approximate surface area is 323 Å². The van der Waals surface area contributed by atoms with Gasteiger partial charge >= 0.3 is 0 Å². The molecule has 0 bridgehead atoms. The van der Waals surface area contributed by atoms with Gasteiger partial charge in [-0.15, -0.1) is 0 Å². The number of benzene rings is 2. The van der Waals surface area contributed by atoms with Gasteiger partial charge in [0.2, 0.25) is 0 Å². The zero-order valence-electron chi connectivity index (χ0n) is 29.4. The third kappa shape index (κ3) is 8.49. The maximum Gasteiger partial charge on any atom is 0.179 e. The molecule has 54 heavy (non-hydrogen) atoms. The second-order valence-corrected chi connectivity index (χ2v) is 18.5. The molecule has 4 atom stereocenters. The summed E-state index contributed by atoms with van der Waals surface area (Å²) in [5.41, 5.74) is 2.55. The van der Waals surface area contributed by atoms with E-state index < -0.39 is 48.8 Å². The predicted molar refractivity (Wildman–Crippen MR) is 213 cm³/mol. The molecule has 0 amide bonds. The van der Waals surface area contributed by atoms with Crippen LogP contribution in [0.15, 0.2) is 107 Å². The van der Waals surface area contributed by atoms with Gasteiger partial charge in [-0.1, -0.05) is 37.0 Å². The van der Waals surface area contributed by atoms with Crippen LogP contribution in [0.4, 0.5) is 0 Å². The molecule has 4 unspecified atom stereocenters. The highest BCUT2D eigenvalue weighted by molar-refractivity contribution is 7.91. The average molecular weight is 806 g/mol. The first-order chi connectivity index (χ1) is 25.6. The van der Waals surface area contributed by atoms with Crippen LogP contribution in [-0.4, -0.2) is 65.5 Å². The third-order valence-corrected chi connectivity index (χ3v) is 13.8. The van der Waals surface area contributed by atoms with Crippen LogP contribution in [0, 0.1) is 22.7 Å². The number of rotatable bonds is 16. The minimum atomic E-state index is -4.22. The fraction of sp³-hybridized carbons (Fsp3) is 0.256. The van der Waals surface area contributed by atoms with Crippen LogP contribution < -0.4 is 0 Å². The number of pyridine rings is 2. The van der Waals surface area contributed by atoms with E-state index in [-0.39, 0.29) is 45.9 Å². The number of Topliss-reactive ketones (excluding diaryl/α,β-unsaturated/α-hetero) is 1. The molecule has 11 nitrogen and oxygen atoms in total. The summed E-state index contributed by atoms with van der Waals surface area (Å²) in [6.45, 7) is 3.73. The van der Waals surface area contributed by atoms with Gasteiger partial charge in [-0.3, -0.25) is 4.79 Å². The summed E-state index contributed by atoms with van der Waals surface area (Å²) in [5, 5.41) is 20.9. The molecule has 0 aliphatic rings. The molecule has 0 spiro atoms. The van der Waals surface area contributed by atoms with Crippen molar-refractivity contribution in [3.05, 3.63) is 119 Å². The fourth-order valence-corrected chi connectivity index (χ4v) is 10.1. The lowest BCUT2D eigenvalue weighted by Crippen LogP contribution is -2.41. The molecule has 0 saturated carbocycles. The molecule has 0 radical (unpaired) electrons. The van der Waals surface area contributed by atoms with Crippen LogP contribution in [0.1, 0.15) is 49.7 Å². The maximum absolute atomic E-state index is 14.9. The number of hydrogen-bond donors (Lipinski definition) is 4. The normalized spacial score (nSPS) is 14.4. The standard InChI is InChI=1S/C39H38Cl2N6O5S2/c1-23(31-19-46-38-29(31)5-3-15-44-38)17-35(42)33(21-53(49,50)27-11-7-25(40)8-12-27)37(48)34(22-54(51,52)28-13-9-26(41)10-14-28)36(43)18-24(2)32-20-47-39-30(32)6-4-16-45-39/h3-16,19-20,23-24,33-34,42-43H,17-18,21-22H2,1-2H3,(H,44,46)(H,45,47). The molecule has 6 rings (SSSR count). The number of nitrogens with zero attached hydrogens (tertiary/aromatic N) is 2. The highest BCUT2D eigenvalue weighted by Crippen LogP contribution is 2.33. The van der Waals surface area contributed by atoms with Crippen LogP contribution in [0.25, 0.3) is 22.1 Å². The Balaban J connectivity index is 1.38. The van der Waals surface area contributed by atoms with E-state index in [1.165, 1.54) is 48.5 Å². The smallest absolute Gasteiger partial charge is 0.179 e. The number of hydrogen-bond acceptors (Lipinski definition) is 9. The number of carbonyl (C=O) groups excluding carboxylic acids is 1. The van der Waals surface area contributed by atoms with Crippen molar-refractivity contribution in [2.45, 2.75) is 48.3 Å². The number of ketones is 1. The Kier molecular flexibility index (Phi) is 11.5. The van der Waals surface area contributed by atoms with Gasteiger partial charge in [0, 0.05) is 57.0 Å². The van der Waals surface area contributed by atoms with E-state index in [0.717, 1.165) is 21.9 Å². The minimum absolute atomic E-state index is 0.0167. The minimum Gasteiger partial charge on any atom is -0.346 e. The monoisotopic (exact) mass is 804 g/mol. The number of sulfone groups is 2. The van der Waals surface area contributed by atoms with E-state index in [1.807, 2.05) is 26.0 Å². The number of fused-ring (bicyclic) bond motifs is 2. The van der Waals surface area contributed by atoms with Crippen molar-refractivity contribution in [2.24, 2.45) is 11.8 Å². The van der Waals surface area contributed by atoms with Gasteiger partial charge in [0.25, 0.3) is 0 Å². The van der Waals surface area contributed by atoms with E-state index in [4.69, 9.17) is 23.2 Å². The van der Waals surface area contributed by atoms with Crippen LogP contribution in [-0.2, 0) is 24.5 Å². The predicted octanol–water partition coefficient (Wildman–Crippen LogP) is 8.22. The second-order valence-electron chi connectivity index (χ2n) is 13.5. The summed E-state index contributed by atoms with van der Waals surface area (Å²) >= 11 is 12.1. The van der Waals surface area contributed by atoms with E-state index in [9.17, 15) is 32.4 Å². The SMILES string of the molecule is CC(CC(=N)C(CS(=O)(=O)c1ccc(Cl)cc1)C(=O)C(CS(=O)(=O)c1ccc(Cl)cc1)C(=N)CC(C)c1c[nH]c2ncccc12)c1c[nH]c2ncccc12. The van der Waals surface area contributed by atoms with Gasteiger partial charge in [-0.25, -0.2) is 26.8 Å². The molecule has 4 N–H and O–H groups in total. The number of aromatic amines is 2. The zero-order chi connectivity index (χ0) is 38.8. The van der Waals surface area contributed by atoms with E-state index in [2.05, 4.69) is 19.9 Å². The third-order valence-electron chi connectivity index (χ3n) is 9.73. The molecule has 0 aliphatic carbocycles. The van der Waals surface area contributed by atoms with Crippen LogP contribution in [0.5, 0.6) is 0 Å². The average Bonchev–Trinajstić information content (AvgIpc) is 3.78. The summed E-state index contributed by atoms with van der Waals surface area (Å²) in [6, 6.07) is 18.3. The Bertz CT molecular complexity index is 2390. The zero-order valence-corrected chi connectivity index (χ0v) is 32.5. The second kappa shape index (κ2) is 16.0. The van der Waals surface area contributed by atoms with Crippen molar-refractivity contribution in [2.75, 3.05) is 11.5 Å². The fourth-order valence-electron chi connectivity index (χ4n) is 6.80. The Morgan fingerprint density at radius 2 is 1.02 bits per heavy atom. The number of carbonyl (C=O) groups is 1. The molecule has 6 aromatic rings. The van der Waals surface area contributed by atoms with Crippen LogP contribution in [0.3, 0.4) is 0 Å². The quantitative estimate of drug-likeness (QED) is 0.0709. The first-order valence-corrected chi connectivity index (χ1v) is 21.2. The summed E-state index contributed by atoms with van der Waals surface area (Å²) in [7, 11) is -8.43. The summed E-state index contributed by atoms with van der Waals surface area (Å²) in [6.07, 6.45) is 6.81. The lowest BCUT2D eigenvalue weighted by atomic mass is 9.82. The molecule has 0 saturated heterocycles. The Hall–Kier alpha value is -4.69. The highest BCUT2D eigenvalue weighted by atomic mass is 35.5. The van der Waals surface area contributed by atoms with E-state index in [1.54, 1.807) is 36.9 Å². The Morgan fingerprint density at radius 1 is 0.648 bits per heavy atom. The Morgan fingerprint density at radius 3 is 1.39 bits per heavy atom. The van der Waals surface area contributed by atoms with Gasteiger partial charge in [-0.2, -0.15) is 0 Å². The molecule has 4 heterocycles. The van der Waals surface area contributed by atoms with Gasteiger partial charge in [0.1, 0.15) is 11.3 Å². The van der Waals surface area contributed by atoms with Gasteiger partial charge in [-0.05, 0) is 109 Å². The number of nitrogens with one attached hydrogen (secondary N) is 4. The van der Waals surface area contributed by atoms with Gasteiger partial charge in [0.15, 0.2) is 25.5 Å². The van der Waals surface area contributed by atoms with E-state index >= 15 is 0 Å². The molecule has 4 aromatic heterocycles. The first kappa shape index (κ1) is 39.0. The van der Waals surface area contributed by atoms with Crippen molar-refractivity contribution in [1.29, 1.82) is 10.8 Å². The number of H-pyrrole nitrogens is 2. The van der Waals surface area contributed by atoms with Crippen molar-refractivity contribution >= 4 is 82.1 Å². The van der Waals surface area contributed by atoms with Crippen molar-refractivity contribution in [1.82, 2.24) is 19.9 Å². The summed E-state index contributed by atoms with van der Waals surface area (Å²) in [5.74, 6) is -6.29.